The standard InChI is InChI=1S/C28H38N2O6/c1-19(2)36-22-8-5-20(6-9-22)24(31)10-12-27(32)29-23(18-30-13-3-4-14-30)28(33)21-7-11-25-26(17-21)35-16-15-34-25/h5-9,11,17,19,23,27-29,32-33H,3-4,10,12-16,18H2,1-2H3. The van der Waals surface area contributed by atoms with Gasteiger partial charge in [0.25, 0.3) is 0 Å². The van der Waals surface area contributed by atoms with E-state index in [0.29, 0.717) is 42.4 Å². The molecule has 2 aliphatic heterocycles. The van der Waals surface area contributed by atoms with Gasteiger partial charge in [-0.2, -0.15) is 0 Å². The molecule has 8 nitrogen and oxygen atoms in total. The first kappa shape index (κ1) is 26.4. The molecule has 0 bridgehead atoms. The second-order valence-corrected chi connectivity index (χ2v) is 9.80. The van der Waals surface area contributed by atoms with Crippen molar-refractivity contribution in [1.29, 1.82) is 0 Å². The molecular formula is C28H38N2O6. The molecule has 0 radical (unpaired) electrons. The lowest BCUT2D eigenvalue weighted by Gasteiger charge is -2.31. The van der Waals surface area contributed by atoms with Crippen molar-refractivity contribution >= 4 is 5.78 Å². The zero-order valence-electron chi connectivity index (χ0n) is 21.2. The first-order chi connectivity index (χ1) is 17.4. The summed E-state index contributed by atoms with van der Waals surface area (Å²) in [6.07, 6.45) is 0.967. The minimum absolute atomic E-state index is 0.0459. The van der Waals surface area contributed by atoms with Crippen LogP contribution in [0.1, 0.15) is 61.6 Å². The highest BCUT2D eigenvalue weighted by Gasteiger charge is 2.28. The highest BCUT2D eigenvalue weighted by Crippen LogP contribution is 2.33. The maximum atomic E-state index is 12.7. The first-order valence-corrected chi connectivity index (χ1v) is 12.9. The van der Waals surface area contributed by atoms with E-state index in [4.69, 9.17) is 14.2 Å². The predicted molar refractivity (Wildman–Crippen MR) is 137 cm³/mol. The maximum Gasteiger partial charge on any atom is 0.163 e. The number of carbonyl (C=O) groups excluding carboxylic acids is 1. The van der Waals surface area contributed by atoms with Gasteiger partial charge in [0, 0.05) is 18.5 Å². The molecule has 4 rings (SSSR count). The quantitative estimate of drug-likeness (QED) is 0.303. The number of ketones is 1. The number of benzene rings is 2. The van der Waals surface area contributed by atoms with E-state index in [1.165, 1.54) is 0 Å². The van der Waals surface area contributed by atoms with Crippen LogP contribution in [0.15, 0.2) is 42.5 Å². The summed E-state index contributed by atoms with van der Waals surface area (Å²) in [5, 5.41) is 25.2. The molecule has 0 aliphatic carbocycles. The maximum absolute atomic E-state index is 12.7. The number of hydrogen-bond acceptors (Lipinski definition) is 8. The lowest BCUT2D eigenvalue weighted by molar-refractivity contribution is 0.0458. The fraction of sp³-hybridized carbons (Fsp3) is 0.536. The van der Waals surface area contributed by atoms with Crippen LogP contribution in [0.2, 0.25) is 0 Å². The molecule has 2 heterocycles. The minimum atomic E-state index is -0.933. The molecule has 0 aromatic heterocycles. The van der Waals surface area contributed by atoms with Crippen molar-refractivity contribution in [2.45, 2.75) is 64.0 Å². The number of ether oxygens (including phenoxy) is 3. The molecule has 3 atom stereocenters. The lowest BCUT2D eigenvalue weighted by Crippen LogP contribution is -2.48. The molecule has 2 aromatic rings. The van der Waals surface area contributed by atoms with E-state index in [9.17, 15) is 15.0 Å². The molecule has 3 unspecified atom stereocenters. The van der Waals surface area contributed by atoms with Gasteiger partial charge in [-0.1, -0.05) is 6.07 Å². The molecule has 1 fully saturated rings. The minimum Gasteiger partial charge on any atom is -0.491 e. The number of likely N-dealkylation sites (tertiary alicyclic amines) is 1. The number of Topliss-reactive ketones (excluding diaryl/α,β-unsaturated/α-hetero) is 1. The van der Waals surface area contributed by atoms with E-state index in [0.717, 1.165) is 31.7 Å². The van der Waals surface area contributed by atoms with Gasteiger partial charge < -0.3 is 29.3 Å². The summed E-state index contributed by atoms with van der Waals surface area (Å²) < 4.78 is 16.9. The van der Waals surface area contributed by atoms with E-state index in [2.05, 4.69) is 10.2 Å². The van der Waals surface area contributed by atoms with Crippen LogP contribution in [0.25, 0.3) is 0 Å². The molecule has 3 N–H and O–H groups in total. The molecule has 0 spiro atoms. The third-order valence-electron chi connectivity index (χ3n) is 6.54. The Labute approximate surface area is 213 Å². The first-order valence-electron chi connectivity index (χ1n) is 12.9. The third kappa shape index (κ3) is 7.20. The lowest BCUT2D eigenvalue weighted by atomic mass is 10.00. The van der Waals surface area contributed by atoms with Gasteiger partial charge in [-0.15, -0.1) is 0 Å². The van der Waals surface area contributed by atoms with Gasteiger partial charge in [0.2, 0.25) is 0 Å². The largest absolute Gasteiger partial charge is 0.491 e. The van der Waals surface area contributed by atoms with Gasteiger partial charge in [-0.25, -0.2) is 0 Å². The summed E-state index contributed by atoms with van der Waals surface area (Å²) in [4.78, 5) is 15.0. The Morgan fingerprint density at radius 3 is 2.42 bits per heavy atom. The van der Waals surface area contributed by atoms with Gasteiger partial charge in [0.1, 0.15) is 25.2 Å². The normalized spacial score (nSPS) is 18.1. The monoisotopic (exact) mass is 498 g/mol. The number of carbonyl (C=O) groups is 1. The van der Waals surface area contributed by atoms with E-state index in [1.807, 2.05) is 26.0 Å². The molecule has 1 saturated heterocycles. The summed E-state index contributed by atoms with van der Waals surface area (Å²) >= 11 is 0. The van der Waals surface area contributed by atoms with Crippen LogP contribution in [0.3, 0.4) is 0 Å². The number of hydrogen-bond donors (Lipinski definition) is 3. The van der Waals surface area contributed by atoms with E-state index < -0.39 is 18.4 Å². The molecule has 36 heavy (non-hydrogen) atoms. The van der Waals surface area contributed by atoms with Gasteiger partial charge in [0.15, 0.2) is 17.3 Å². The smallest absolute Gasteiger partial charge is 0.163 e. The molecule has 2 aliphatic rings. The average molecular weight is 499 g/mol. The molecular weight excluding hydrogens is 460 g/mol. The van der Waals surface area contributed by atoms with Crippen LogP contribution in [-0.2, 0) is 0 Å². The second kappa shape index (κ2) is 12.5. The fourth-order valence-electron chi connectivity index (χ4n) is 4.70. The van der Waals surface area contributed by atoms with Gasteiger partial charge in [0.05, 0.1) is 18.2 Å². The molecule has 8 heteroatoms. The molecule has 0 saturated carbocycles. The van der Waals surface area contributed by atoms with Gasteiger partial charge in [-0.05, 0) is 88.2 Å². The zero-order chi connectivity index (χ0) is 25.5. The van der Waals surface area contributed by atoms with Crippen LogP contribution in [0.5, 0.6) is 17.2 Å². The topological polar surface area (TPSA) is 100 Å². The summed E-state index contributed by atoms with van der Waals surface area (Å²) in [5.41, 5.74) is 1.28. The van der Waals surface area contributed by atoms with Crippen molar-refractivity contribution in [2.75, 3.05) is 32.8 Å². The highest BCUT2D eigenvalue weighted by molar-refractivity contribution is 5.96. The van der Waals surface area contributed by atoms with Crippen molar-refractivity contribution in [3.05, 3.63) is 53.6 Å². The number of fused-ring (bicyclic) bond motifs is 1. The summed E-state index contributed by atoms with van der Waals surface area (Å²) in [7, 11) is 0. The fourth-order valence-corrected chi connectivity index (χ4v) is 4.70. The summed E-state index contributed by atoms with van der Waals surface area (Å²) in [6.45, 7) is 7.42. The Balaban J connectivity index is 1.36. The molecule has 2 aromatic carbocycles. The van der Waals surface area contributed by atoms with Crippen molar-refractivity contribution in [2.24, 2.45) is 0 Å². The SMILES string of the molecule is CC(C)Oc1ccc(C(=O)CCC(O)NC(CN2CCCC2)C(O)c2ccc3c(c2)OCCO3)cc1. The van der Waals surface area contributed by atoms with Crippen molar-refractivity contribution in [3.8, 4) is 17.2 Å². The number of rotatable bonds is 12. The number of aliphatic hydroxyl groups is 2. The number of aliphatic hydroxyl groups excluding tert-OH is 2. The molecule has 0 amide bonds. The van der Waals surface area contributed by atoms with Crippen LogP contribution in [0, 0.1) is 0 Å². The van der Waals surface area contributed by atoms with Crippen molar-refractivity contribution < 1.29 is 29.2 Å². The van der Waals surface area contributed by atoms with E-state index in [-0.39, 0.29) is 24.7 Å². The summed E-state index contributed by atoms with van der Waals surface area (Å²) in [5.74, 6) is 1.97. The van der Waals surface area contributed by atoms with Crippen molar-refractivity contribution in [3.63, 3.8) is 0 Å². The average Bonchev–Trinajstić information content (AvgIpc) is 3.39. The predicted octanol–water partition coefficient (Wildman–Crippen LogP) is 3.31. The Morgan fingerprint density at radius 2 is 1.72 bits per heavy atom. The summed E-state index contributed by atoms with van der Waals surface area (Å²) in [6, 6.07) is 12.1. The Bertz CT molecular complexity index is 990. The third-order valence-corrected chi connectivity index (χ3v) is 6.54. The Kier molecular flexibility index (Phi) is 9.20. The Hall–Kier alpha value is -2.65. The van der Waals surface area contributed by atoms with Crippen LogP contribution >= 0.6 is 0 Å². The second-order valence-electron chi connectivity index (χ2n) is 9.80. The number of nitrogens with zero attached hydrogens (tertiary/aromatic N) is 1. The van der Waals surface area contributed by atoms with E-state index in [1.54, 1.807) is 30.3 Å². The van der Waals surface area contributed by atoms with Crippen molar-refractivity contribution in [1.82, 2.24) is 10.2 Å². The Morgan fingerprint density at radius 1 is 1.03 bits per heavy atom. The van der Waals surface area contributed by atoms with Gasteiger partial charge >= 0.3 is 0 Å². The molecule has 196 valence electrons. The number of nitrogens with one attached hydrogen (secondary N) is 1. The van der Waals surface area contributed by atoms with Crippen LogP contribution < -0.4 is 19.5 Å². The van der Waals surface area contributed by atoms with Crippen LogP contribution in [0.4, 0.5) is 0 Å². The van der Waals surface area contributed by atoms with Crippen LogP contribution in [-0.4, -0.2) is 72.1 Å². The zero-order valence-corrected chi connectivity index (χ0v) is 21.2. The van der Waals surface area contributed by atoms with Gasteiger partial charge in [-0.3, -0.25) is 10.1 Å². The van der Waals surface area contributed by atoms with E-state index >= 15 is 0 Å². The highest BCUT2D eigenvalue weighted by atomic mass is 16.6.